The number of rotatable bonds is 2. The molecule has 1 aliphatic rings. The molecule has 20 heavy (non-hydrogen) atoms. The average molecular weight is 267 g/mol. The lowest BCUT2D eigenvalue weighted by Crippen LogP contribution is -2.07. The van der Waals surface area contributed by atoms with Gasteiger partial charge in [-0.1, -0.05) is 18.2 Å². The second-order valence-corrected chi connectivity index (χ2v) is 4.55. The average Bonchev–Trinajstić information content (AvgIpc) is 3.04. The molecule has 2 aromatic heterocycles. The normalized spacial score (nSPS) is 15.8. The Morgan fingerprint density at radius 1 is 1.10 bits per heavy atom. The van der Waals surface area contributed by atoms with E-state index < -0.39 is 5.82 Å². The molecule has 0 bridgehead atoms. The van der Waals surface area contributed by atoms with Crippen molar-refractivity contribution in [3.05, 3.63) is 72.3 Å². The number of pyridine rings is 1. The highest BCUT2D eigenvalue weighted by Crippen LogP contribution is 2.38. The summed E-state index contributed by atoms with van der Waals surface area (Å²) in [5.74, 6) is -0.280. The van der Waals surface area contributed by atoms with Gasteiger partial charge in [-0.25, -0.2) is 9.37 Å². The van der Waals surface area contributed by atoms with Gasteiger partial charge in [0.15, 0.2) is 17.7 Å². The van der Waals surface area contributed by atoms with E-state index in [1.165, 1.54) is 18.5 Å². The molecule has 0 spiro atoms. The molecule has 0 aliphatic carbocycles. The maximum absolute atomic E-state index is 13.7. The summed E-state index contributed by atoms with van der Waals surface area (Å²) >= 11 is 0. The maximum Gasteiger partial charge on any atom is 0.174 e. The van der Waals surface area contributed by atoms with Crippen LogP contribution in [0.3, 0.4) is 0 Å². The standard InChI is InChI=1S/C15H10FN3O/c16-11-5-6-17-8-14(11)20-15-10-3-1-2-4-12(10)19-9-18-7-13(15)19/h1-9,15H. The Kier molecular flexibility index (Phi) is 2.32. The van der Waals surface area contributed by atoms with E-state index in [1.54, 1.807) is 12.5 Å². The molecule has 0 amide bonds. The van der Waals surface area contributed by atoms with Gasteiger partial charge in [0.2, 0.25) is 0 Å². The fourth-order valence-electron chi connectivity index (χ4n) is 2.49. The molecule has 0 radical (unpaired) electrons. The van der Waals surface area contributed by atoms with Crippen LogP contribution in [0.2, 0.25) is 0 Å². The Balaban J connectivity index is 1.81. The third-order valence-electron chi connectivity index (χ3n) is 3.39. The lowest BCUT2D eigenvalue weighted by Gasteiger charge is -2.14. The van der Waals surface area contributed by atoms with E-state index >= 15 is 0 Å². The van der Waals surface area contributed by atoms with Gasteiger partial charge in [0.25, 0.3) is 0 Å². The van der Waals surface area contributed by atoms with Crippen molar-refractivity contribution in [3.63, 3.8) is 0 Å². The summed E-state index contributed by atoms with van der Waals surface area (Å²) < 4.78 is 21.5. The summed E-state index contributed by atoms with van der Waals surface area (Å²) in [6.07, 6.45) is 5.88. The first kappa shape index (κ1) is 11.2. The molecule has 4 nitrogen and oxygen atoms in total. The topological polar surface area (TPSA) is 39.9 Å². The monoisotopic (exact) mass is 267 g/mol. The van der Waals surface area contributed by atoms with Crippen LogP contribution in [0.5, 0.6) is 5.75 Å². The number of benzene rings is 1. The van der Waals surface area contributed by atoms with Crippen molar-refractivity contribution in [2.75, 3.05) is 0 Å². The molecule has 98 valence electrons. The molecule has 1 aliphatic heterocycles. The minimum atomic E-state index is -0.421. The summed E-state index contributed by atoms with van der Waals surface area (Å²) in [4.78, 5) is 8.03. The summed E-state index contributed by atoms with van der Waals surface area (Å²) in [5, 5.41) is 0. The molecule has 1 atom stereocenters. The third kappa shape index (κ3) is 1.53. The number of halogens is 1. The van der Waals surface area contributed by atoms with Gasteiger partial charge in [-0.3, -0.25) is 9.55 Å². The fourth-order valence-corrected chi connectivity index (χ4v) is 2.49. The minimum absolute atomic E-state index is 0.141. The molecule has 1 unspecified atom stereocenters. The zero-order valence-corrected chi connectivity index (χ0v) is 10.4. The number of para-hydroxylation sites is 1. The van der Waals surface area contributed by atoms with Crippen LogP contribution < -0.4 is 4.74 Å². The SMILES string of the molecule is Fc1ccncc1OC1c2ccccc2-n2cncc21. The van der Waals surface area contributed by atoms with Crippen molar-refractivity contribution < 1.29 is 9.13 Å². The van der Waals surface area contributed by atoms with Crippen LogP contribution in [0.25, 0.3) is 5.69 Å². The number of imidazole rings is 1. The van der Waals surface area contributed by atoms with Crippen molar-refractivity contribution in [3.8, 4) is 11.4 Å². The molecule has 5 heteroatoms. The Morgan fingerprint density at radius 2 is 2.00 bits per heavy atom. The predicted octanol–water partition coefficient (Wildman–Crippen LogP) is 2.89. The van der Waals surface area contributed by atoms with Crippen LogP contribution in [-0.2, 0) is 0 Å². The number of ether oxygens (including phenoxy) is 1. The number of nitrogens with zero attached hydrogens (tertiary/aromatic N) is 3. The van der Waals surface area contributed by atoms with Crippen molar-refractivity contribution in [1.29, 1.82) is 0 Å². The molecule has 3 heterocycles. The van der Waals surface area contributed by atoms with Gasteiger partial charge in [-0.05, 0) is 12.1 Å². The van der Waals surface area contributed by atoms with Crippen LogP contribution in [0.15, 0.2) is 55.2 Å². The van der Waals surface area contributed by atoms with E-state index in [2.05, 4.69) is 9.97 Å². The highest BCUT2D eigenvalue weighted by atomic mass is 19.1. The first-order valence-electron chi connectivity index (χ1n) is 6.22. The van der Waals surface area contributed by atoms with Crippen LogP contribution in [0.4, 0.5) is 4.39 Å². The highest BCUT2D eigenvalue weighted by Gasteiger charge is 2.31. The summed E-state index contributed by atoms with van der Waals surface area (Å²) in [6, 6.07) is 9.14. The summed E-state index contributed by atoms with van der Waals surface area (Å²) in [7, 11) is 0. The van der Waals surface area contributed by atoms with Gasteiger partial charge in [0.1, 0.15) is 0 Å². The van der Waals surface area contributed by atoms with Gasteiger partial charge < -0.3 is 4.74 Å². The van der Waals surface area contributed by atoms with E-state index in [4.69, 9.17) is 4.74 Å². The first-order valence-corrected chi connectivity index (χ1v) is 6.22. The molecular weight excluding hydrogens is 257 g/mol. The number of hydrogen-bond donors (Lipinski definition) is 0. The lowest BCUT2D eigenvalue weighted by atomic mass is 10.1. The number of aromatic nitrogens is 3. The molecule has 0 N–H and O–H groups in total. The van der Waals surface area contributed by atoms with E-state index in [-0.39, 0.29) is 11.9 Å². The third-order valence-corrected chi connectivity index (χ3v) is 3.39. The predicted molar refractivity (Wildman–Crippen MR) is 70.2 cm³/mol. The van der Waals surface area contributed by atoms with E-state index in [9.17, 15) is 4.39 Å². The van der Waals surface area contributed by atoms with Crippen LogP contribution in [-0.4, -0.2) is 14.5 Å². The van der Waals surface area contributed by atoms with Crippen LogP contribution in [0, 0.1) is 5.82 Å². The second-order valence-electron chi connectivity index (χ2n) is 4.55. The molecule has 3 aromatic rings. The van der Waals surface area contributed by atoms with Gasteiger partial charge in [0.05, 0.1) is 30.1 Å². The molecule has 0 saturated carbocycles. The molecule has 0 saturated heterocycles. The van der Waals surface area contributed by atoms with Gasteiger partial charge in [-0.2, -0.15) is 0 Å². The quantitative estimate of drug-likeness (QED) is 0.716. The molecule has 0 fully saturated rings. The Bertz CT molecular complexity index is 784. The number of fused-ring (bicyclic) bond motifs is 3. The summed E-state index contributed by atoms with van der Waals surface area (Å²) in [6.45, 7) is 0. The largest absolute Gasteiger partial charge is 0.475 e. The first-order chi connectivity index (χ1) is 9.84. The van der Waals surface area contributed by atoms with Gasteiger partial charge >= 0.3 is 0 Å². The minimum Gasteiger partial charge on any atom is -0.475 e. The van der Waals surface area contributed by atoms with Gasteiger partial charge in [-0.15, -0.1) is 0 Å². The zero-order chi connectivity index (χ0) is 13.5. The van der Waals surface area contributed by atoms with E-state index in [0.717, 1.165) is 16.9 Å². The van der Waals surface area contributed by atoms with Crippen molar-refractivity contribution in [2.24, 2.45) is 0 Å². The Labute approximate surface area is 114 Å². The Morgan fingerprint density at radius 3 is 2.90 bits per heavy atom. The second kappa shape index (κ2) is 4.16. The van der Waals surface area contributed by atoms with Crippen molar-refractivity contribution in [2.45, 2.75) is 6.10 Å². The van der Waals surface area contributed by atoms with E-state index in [1.807, 2.05) is 28.8 Å². The van der Waals surface area contributed by atoms with E-state index in [0.29, 0.717) is 0 Å². The molecule has 1 aromatic carbocycles. The van der Waals surface area contributed by atoms with Gasteiger partial charge in [0, 0.05) is 11.8 Å². The molecular formula is C15H10FN3O. The zero-order valence-electron chi connectivity index (χ0n) is 10.4. The van der Waals surface area contributed by atoms with Crippen molar-refractivity contribution >= 4 is 0 Å². The summed E-state index contributed by atoms with van der Waals surface area (Å²) in [5.41, 5.74) is 2.89. The number of hydrogen-bond acceptors (Lipinski definition) is 3. The fraction of sp³-hybridized carbons (Fsp3) is 0.0667. The maximum atomic E-state index is 13.7. The van der Waals surface area contributed by atoms with Crippen LogP contribution >= 0.6 is 0 Å². The Hall–Kier alpha value is -2.69. The smallest absolute Gasteiger partial charge is 0.174 e. The van der Waals surface area contributed by atoms with Crippen LogP contribution in [0.1, 0.15) is 17.4 Å². The lowest BCUT2D eigenvalue weighted by molar-refractivity contribution is 0.235. The molecule has 4 rings (SSSR count). The highest BCUT2D eigenvalue weighted by molar-refractivity contribution is 5.52. The van der Waals surface area contributed by atoms with Crippen molar-refractivity contribution in [1.82, 2.24) is 14.5 Å².